The van der Waals surface area contributed by atoms with Gasteiger partial charge < -0.3 is 25.2 Å². The summed E-state index contributed by atoms with van der Waals surface area (Å²) in [6, 6.07) is 0. The number of halogens is 1. The number of ether oxygens (including phenoxy) is 1. The molecular weight excluding hydrogens is 171 g/mol. The Balaban J connectivity index is 2.63. The van der Waals surface area contributed by atoms with Crippen LogP contribution in [0.25, 0.3) is 0 Å². The highest BCUT2D eigenvalue weighted by Gasteiger charge is 2.43. The highest BCUT2D eigenvalue weighted by Crippen LogP contribution is 2.21. The number of aliphatic hydroxyl groups excluding tert-OH is 4. The third-order valence-electron chi connectivity index (χ3n) is 1.82. The van der Waals surface area contributed by atoms with Gasteiger partial charge in [0.2, 0.25) is 0 Å². The lowest BCUT2D eigenvalue weighted by Crippen LogP contribution is -2.56. The predicted octanol–water partition coefficient (Wildman–Crippen LogP) is -2.24. The molecule has 1 aliphatic heterocycles. The van der Waals surface area contributed by atoms with Crippen LogP contribution < -0.4 is 0 Å². The Morgan fingerprint density at radius 1 is 1.17 bits per heavy atom. The number of rotatable bonds is 1. The highest BCUT2D eigenvalue weighted by molar-refractivity contribution is 4.88. The molecule has 1 rings (SSSR count). The van der Waals surface area contributed by atoms with E-state index in [4.69, 9.17) is 20.4 Å². The van der Waals surface area contributed by atoms with Gasteiger partial charge in [-0.2, -0.15) is 0 Å². The summed E-state index contributed by atoms with van der Waals surface area (Å²) < 4.78 is 17.3. The van der Waals surface area contributed by atoms with Gasteiger partial charge in [-0.3, -0.25) is 0 Å². The Labute approximate surface area is 68.0 Å². The first-order valence-corrected chi connectivity index (χ1v) is 3.52. The van der Waals surface area contributed by atoms with E-state index in [1.165, 1.54) is 0 Å². The van der Waals surface area contributed by atoms with Crippen LogP contribution >= 0.6 is 0 Å². The zero-order valence-corrected chi connectivity index (χ0v) is 6.17. The highest BCUT2D eigenvalue weighted by atomic mass is 19.1. The Morgan fingerprint density at radius 2 is 1.75 bits per heavy atom. The van der Waals surface area contributed by atoms with Gasteiger partial charge in [-0.1, -0.05) is 0 Å². The molecule has 72 valence electrons. The van der Waals surface area contributed by atoms with E-state index in [0.717, 1.165) is 0 Å². The van der Waals surface area contributed by atoms with E-state index in [1.54, 1.807) is 0 Å². The van der Waals surface area contributed by atoms with Crippen molar-refractivity contribution in [3.05, 3.63) is 0 Å². The first-order chi connectivity index (χ1) is 5.57. The molecule has 0 aromatic rings. The molecule has 0 bridgehead atoms. The number of hydrogen-bond acceptors (Lipinski definition) is 5. The lowest BCUT2D eigenvalue weighted by Gasteiger charge is -2.36. The van der Waals surface area contributed by atoms with Crippen molar-refractivity contribution in [3.63, 3.8) is 0 Å². The molecule has 6 heteroatoms. The van der Waals surface area contributed by atoms with Crippen LogP contribution in [0.15, 0.2) is 0 Å². The molecule has 1 aliphatic rings. The monoisotopic (exact) mass is 182 g/mol. The van der Waals surface area contributed by atoms with E-state index < -0.39 is 37.4 Å². The minimum atomic E-state index is -1.88. The zero-order chi connectivity index (χ0) is 9.30. The topological polar surface area (TPSA) is 90.2 Å². The molecular formula is C6H11FO5. The van der Waals surface area contributed by atoms with Gasteiger partial charge in [0.15, 0.2) is 12.5 Å². The third kappa shape index (κ3) is 1.57. The quantitative estimate of drug-likeness (QED) is 0.368. The predicted molar refractivity (Wildman–Crippen MR) is 34.9 cm³/mol. The summed E-state index contributed by atoms with van der Waals surface area (Å²) in [5.74, 6) is 0. The summed E-state index contributed by atoms with van der Waals surface area (Å²) in [5.41, 5.74) is 0. The zero-order valence-electron chi connectivity index (χ0n) is 6.17. The molecule has 5 atom stereocenters. The molecule has 0 aliphatic carbocycles. The van der Waals surface area contributed by atoms with Gasteiger partial charge in [-0.15, -0.1) is 0 Å². The standard InChI is InChI=1S/C6H11FO5/c7-3-2(1-8)12-6(11)5(10)4(3)9/h2-6,8-11H,1H2/t2-,3+,4-,5-,6-/m1/s1. The van der Waals surface area contributed by atoms with Gasteiger partial charge in [0.25, 0.3) is 0 Å². The number of alkyl halides is 1. The minimum absolute atomic E-state index is 0.651. The van der Waals surface area contributed by atoms with Crippen LogP contribution in [0.4, 0.5) is 4.39 Å². The van der Waals surface area contributed by atoms with E-state index in [1.807, 2.05) is 0 Å². The van der Waals surface area contributed by atoms with Crippen molar-refractivity contribution in [1.29, 1.82) is 0 Å². The van der Waals surface area contributed by atoms with Gasteiger partial charge in [0.1, 0.15) is 18.3 Å². The normalized spacial score (nSPS) is 49.2. The molecule has 4 N–H and O–H groups in total. The molecule has 0 radical (unpaired) electrons. The first kappa shape index (κ1) is 9.82. The Hall–Kier alpha value is -0.270. The van der Waals surface area contributed by atoms with Crippen LogP contribution in [-0.2, 0) is 4.74 Å². The molecule has 0 saturated carbocycles. The fourth-order valence-corrected chi connectivity index (χ4v) is 1.06. The summed E-state index contributed by atoms with van der Waals surface area (Å²) in [6.45, 7) is -0.651. The summed E-state index contributed by atoms with van der Waals surface area (Å²) in [7, 11) is 0. The second-order valence-electron chi connectivity index (χ2n) is 2.67. The Bertz CT molecular complexity index is 150. The maximum absolute atomic E-state index is 12.9. The van der Waals surface area contributed by atoms with Crippen molar-refractivity contribution >= 4 is 0 Å². The molecule has 12 heavy (non-hydrogen) atoms. The average molecular weight is 182 g/mol. The molecule has 0 unspecified atom stereocenters. The van der Waals surface area contributed by atoms with E-state index in [-0.39, 0.29) is 0 Å². The second-order valence-corrected chi connectivity index (χ2v) is 2.67. The second kappa shape index (κ2) is 3.63. The van der Waals surface area contributed by atoms with Crippen LogP contribution in [-0.4, -0.2) is 57.8 Å². The van der Waals surface area contributed by atoms with Crippen LogP contribution in [0.1, 0.15) is 0 Å². The molecule has 5 nitrogen and oxygen atoms in total. The molecule has 1 fully saturated rings. The van der Waals surface area contributed by atoms with E-state index in [0.29, 0.717) is 0 Å². The van der Waals surface area contributed by atoms with Gasteiger partial charge in [-0.25, -0.2) is 4.39 Å². The van der Waals surface area contributed by atoms with E-state index in [2.05, 4.69) is 4.74 Å². The number of aliphatic hydroxyl groups is 4. The van der Waals surface area contributed by atoms with Crippen molar-refractivity contribution in [3.8, 4) is 0 Å². The minimum Gasteiger partial charge on any atom is -0.394 e. The van der Waals surface area contributed by atoms with Crippen molar-refractivity contribution < 1.29 is 29.6 Å². The molecule has 0 aromatic heterocycles. The molecule has 0 amide bonds. The molecule has 1 heterocycles. The van der Waals surface area contributed by atoms with Crippen molar-refractivity contribution in [1.82, 2.24) is 0 Å². The van der Waals surface area contributed by atoms with Crippen molar-refractivity contribution in [2.24, 2.45) is 0 Å². The maximum Gasteiger partial charge on any atom is 0.184 e. The van der Waals surface area contributed by atoms with Gasteiger partial charge in [0, 0.05) is 0 Å². The van der Waals surface area contributed by atoms with E-state index >= 15 is 0 Å². The number of hydrogen-bond donors (Lipinski definition) is 4. The van der Waals surface area contributed by atoms with Gasteiger partial charge in [-0.05, 0) is 0 Å². The fraction of sp³-hybridized carbons (Fsp3) is 1.00. The SMILES string of the molecule is OC[C@H]1O[C@@H](O)[C@H](O)[C@H](O)[C@H]1F. The van der Waals surface area contributed by atoms with Crippen molar-refractivity contribution in [2.45, 2.75) is 30.8 Å². The summed E-state index contributed by atoms with van der Waals surface area (Å²) in [4.78, 5) is 0. The third-order valence-corrected chi connectivity index (χ3v) is 1.82. The van der Waals surface area contributed by atoms with Crippen LogP contribution in [0, 0.1) is 0 Å². The summed E-state index contributed by atoms with van der Waals surface area (Å²) in [6.07, 6.45) is -8.19. The Kier molecular flexibility index (Phi) is 2.97. The maximum atomic E-state index is 12.9. The average Bonchev–Trinajstić information content (AvgIpc) is 2.08. The van der Waals surface area contributed by atoms with Crippen LogP contribution in [0.2, 0.25) is 0 Å². The lowest BCUT2D eigenvalue weighted by atomic mass is 10.0. The van der Waals surface area contributed by atoms with Crippen LogP contribution in [0.3, 0.4) is 0 Å². The van der Waals surface area contributed by atoms with E-state index in [9.17, 15) is 4.39 Å². The molecule has 0 spiro atoms. The molecule has 1 saturated heterocycles. The molecule has 0 aromatic carbocycles. The van der Waals surface area contributed by atoms with Crippen LogP contribution in [0.5, 0.6) is 0 Å². The van der Waals surface area contributed by atoms with Gasteiger partial charge in [0.05, 0.1) is 6.61 Å². The fourth-order valence-electron chi connectivity index (χ4n) is 1.06. The summed E-state index contributed by atoms with van der Waals surface area (Å²) in [5, 5.41) is 35.2. The van der Waals surface area contributed by atoms with Crippen molar-refractivity contribution in [2.75, 3.05) is 6.61 Å². The smallest absolute Gasteiger partial charge is 0.184 e. The largest absolute Gasteiger partial charge is 0.394 e. The summed E-state index contributed by atoms with van der Waals surface area (Å²) >= 11 is 0. The lowest BCUT2D eigenvalue weighted by molar-refractivity contribution is -0.274. The van der Waals surface area contributed by atoms with Gasteiger partial charge >= 0.3 is 0 Å². The first-order valence-electron chi connectivity index (χ1n) is 3.52. The Morgan fingerprint density at radius 3 is 2.25 bits per heavy atom.